The molecule has 0 aliphatic rings. The smallest absolute Gasteiger partial charge is 0.0338 e. The van der Waals surface area contributed by atoms with E-state index < -0.39 is 0 Å². The highest BCUT2D eigenvalue weighted by Gasteiger charge is 1.93. The van der Waals surface area contributed by atoms with Gasteiger partial charge in [0.05, 0.1) is 0 Å². The molecule has 0 N–H and O–H groups in total. The summed E-state index contributed by atoms with van der Waals surface area (Å²) in [7, 11) is 0. The lowest BCUT2D eigenvalue weighted by molar-refractivity contribution is 0.569. The van der Waals surface area contributed by atoms with E-state index in [0.717, 1.165) is 17.2 Å². The van der Waals surface area contributed by atoms with Gasteiger partial charge in [0.2, 0.25) is 0 Å². The molecule has 1 nitrogen and oxygen atoms in total. The number of hydrogen-bond donors (Lipinski definition) is 0. The summed E-state index contributed by atoms with van der Waals surface area (Å²) in [6.45, 7) is 17.2. The summed E-state index contributed by atoms with van der Waals surface area (Å²) < 4.78 is 2.19. The largest absolute Gasteiger partial charge is 0.343 e. The Morgan fingerprint density at radius 3 is 2.00 bits per heavy atom. The Balaban J connectivity index is 0.000000921. The van der Waals surface area contributed by atoms with E-state index >= 15 is 0 Å². The van der Waals surface area contributed by atoms with Crippen molar-refractivity contribution >= 4 is 13.2 Å². The van der Waals surface area contributed by atoms with Crippen LogP contribution in [0.4, 0.5) is 0 Å². The summed E-state index contributed by atoms with van der Waals surface area (Å²) in [6.07, 6.45) is 5.18. The number of aromatic nitrogens is 1. The van der Waals surface area contributed by atoms with Crippen LogP contribution in [0.2, 0.25) is 0 Å². The van der Waals surface area contributed by atoms with E-state index in [4.69, 9.17) is 0 Å². The Kier molecular flexibility index (Phi) is 7.43. The number of unbranched alkanes of at least 4 members (excludes halogenated alkanes) is 3. The van der Waals surface area contributed by atoms with E-state index in [-0.39, 0.29) is 0 Å². The molecule has 0 atom stereocenters. The van der Waals surface area contributed by atoms with Gasteiger partial charge in [0.15, 0.2) is 0 Å². The normalized spacial score (nSPS) is 9.40. The molecule has 0 saturated heterocycles. The van der Waals surface area contributed by atoms with Crippen LogP contribution in [0, 0.1) is 0 Å². The molecule has 0 spiro atoms. The minimum Gasteiger partial charge on any atom is -0.343 e. The fraction of sp³-hybridized carbons (Fsp3) is 0.429. The summed E-state index contributed by atoms with van der Waals surface area (Å²) in [5.41, 5.74) is 0. The fourth-order valence-corrected chi connectivity index (χ4v) is 1.54. The molecule has 0 saturated carbocycles. The average Bonchev–Trinajstić information content (AvgIpc) is 2.58. The van der Waals surface area contributed by atoms with E-state index in [0.29, 0.717) is 0 Å². The maximum atomic E-state index is 3.96. The Bertz CT molecular complexity index is 320. The van der Waals surface area contributed by atoms with Crippen molar-refractivity contribution in [3.8, 4) is 0 Å². The van der Waals surface area contributed by atoms with Crippen LogP contribution in [0.15, 0.2) is 25.3 Å². The monoisotopic (exact) mass is 205 g/mol. The van der Waals surface area contributed by atoms with Crippen LogP contribution in [0.25, 0.3) is 13.2 Å². The minimum atomic E-state index is 1.07. The van der Waals surface area contributed by atoms with Crippen LogP contribution in [0.3, 0.4) is 0 Å². The maximum absolute atomic E-state index is 3.96. The molecule has 0 amide bonds. The van der Waals surface area contributed by atoms with Gasteiger partial charge in [0.25, 0.3) is 0 Å². The first-order valence-electron chi connectivity index (χ1n) is 5.59. The van der Waals surface area contributed by atoms with E-state index in [2.05, 4.69) is 37.8 Å². The zero-order valence-electron chi connectivity index (χ0n) is 9.97. The first-order valence-corrected chi connectivity index (χ1v) is 5.59. The molecular formula is C14H23N. The van der Waals surface area contributed by atoms with Crippen molar-refractivity contribution in [2.24, 2.45) is 0 Å². The molecule has 0 radical (unpaired) electrons. The summed E-state index contributed by atoms with van der Waals surface area (Å²) in [6, 6.07) is 4.06. The first kappa shape index (κ1) is 13.8. The molecular weight excluding hydrogens is 182 g/mol. The van der Waals surface area contributed by atoms with Crippen molar-refractivity contribution in [2.75, 3.05) is 0 Å². The van der Waals surface area contributed by atoms with Gasteiger partial charge in [-0.1, -0.05) is 39.3 Å². The quantitative estimate of drug-likeness (QED) is 0.514. The summed E-state index contributed by atoms with van der Waals surface area (Å²) in [5.74, 6) is 0. The minimum absolute atomic E-state index is 1.07. The predicted molar refractivity (Wildman–Crippen MR) is 70.1 cm³/mol. The Labute approximate surface area is 93.4 Å². The van der Waals surface area contributed by atoms with Crippen molar-refractivity contribution in [2.45, 2.75) is 39.2 Å². The third-order valence-corrected chi connectivity index (χ3v) is 2.40. The van der Waals surface area contributed by atoms with Crippen molar-refractivity contribution in [3.05, 3.63) is 36.0 Å². The second kappa shape index (κ2) is 8.10. The summed E-state index contributed by atoms with van der Waals surface area (Å²) in [4.78, 5) is 0. The Hall–Kier alpha value is -1.24. The maximum Gasteiger partial charge on any atom is 0.0338 e. The van der Waals surface area contributed by atoms with Gasteiger partial charge >= 0.3 is 0 Å². The molecule has 0 fully saturated rings. The van der Waals surface area contributed by atoms with Crippen molar-refractivity contribution < 1.29 is 0 Å². The number of rotatable bonds is 5. The van der Waals surface area contributed by atoms with Crippen LogP contribution < -0.4 is 10.7 Å². The molecule has 0 aliphatic carbocycles. The van der Waals surface area contributed by atoms with E-state index in [9.17, 15) is 0 Å². The molecule has 84 valence electrons. The molecule has 1 heterocycles. The van der Waals surface area contributed by atoms with Gasteiger partial charge in [-0.25, -0.2) is 0 Å². The van der Waals surface area contributed by atoms with Gasteiger partial charge in [0, 0.05) is 17.2 Å². The third-order valence-electron chi connectivity index (χ3n) is 2.40. The van der Waals surface area contributed by atoms with Gasteiger partial charge in [-0.2, -0.15) is 0 Å². The van der Waals surface area contributed by atoms with Crippen LogP contribution in [-0.4, -0.2) is 4.57 Å². The fourth-order valence-electron chi connectivity index (χ4n) is 1.54. The topological polar surface area (TPSA) is 4.93 Å². The SMILES string of the molecule is C=C.C=c1ccc(=C)n1CCCCCC. The Morgan fingerprint density at radius 1 is 1.00 bits per heavy atom. The van der Waals surface area contributed by atoms with Crippen molar-refractivity contribution in [1.29, 1.82) is 0 Å². The van der Waals surface area contributed by atoms with E-state index in [1.807, 2.05) is 12.1 Å². The zero-order valence-corrected chi connectivity index (χ0v) is 9.97. The predicted octanol–water partition coefficient (Wildman–Crippen LogP) is 2.69. The summed E-state index contributed by atoms with van der Waals surface area (Å²) >= 11 is 0. The number of hydrogen-bond acceptors (Lipinski definition) is 0. The Morgan fingerprint density at radius 2 is 1.53 bits per heavy atom. The van der Waals surface area contributed by atoms with Gasteiger partial charge in [-0.05, 0) is 18.6 Å². The lowest BCUT2D eigenvalue weighted by Crippen LogP contribution is -2.24. The summed E-state index contributed by atoms with van der Waals surface area (Å²) in [5, 5.41) is 2.17. The highest BCUT2D eigenvalue weighted by molar-refractivity contribution is 5.08. The molecule has 15 heavy (non-hydrogen) atoms. The second-order valence-corrected chi connectivity index (χ2v) is 3.53. The van der Waals surface area contributed by atoms with Crippen LogP contribution >= 0.6 is 0 Å². The van der Waals surface area contributed by atoms with Crippen LogP contribution in [0.1, 0.15) is 32.6 Å². The first-order chi connectivity index (χ1) is 7.25. The number of nitrogens with zero attached hydrogens (tertiary/aromatic N) is 1. The zero-order chi connectivity index (χ0) is 11.7. The van der Waals surface area contributed by atoms with Gasteiger partial charge < -0.3 is 4.57 Å². The lowest BCUT2D eigenvalue weighted by Gasteiger charge is -2.03. The molecule has 0 aliphatic heterocycles. The highest BCUT2D eigenvalue weighted by Crippen LogP contribution is 1.99. The highest BCUT2D eigenvalue weighted by atomic mass is 14.9. The van der Waals surface area contributed by atoms with Gasteiger partial charge in [-0.15, -0.1) is 13.2 Å². The molecule has 0 aromatic carbocycles. The van der Waals surface area contributed by atoms with E-state index in [1.165, 1.54) is 25.7 Å². The molecule has 1 rings (SSSR count). The molecule has 1 aromatic heterocycles. The van der Waals surface area contributed by atoms with Crippen LogP contribution in [0.5, 0.6) is 0 Å². The molecule has 1 aromatic rings. The standard InChI is InChI=1S/C12H19N.C2H4/c1-4-5-6-7-10-13-11(2)8-9-12(13)3;1-2/h8-9H,2-7,10H2,1H3;1-2H2. The van der Waals surface area contributed by atoms with Gasteiger partial charge in [0.1, 0.15) is 0 Å². The van der Waals surface area contributed by atoms with Crippen molar-refractivity contribution in [1.82, 2.24) is 4.57 Å². The molecule has 0 unspecified atom stereocenters. The molecule has 0 bridgehead atoms. The lowest BCUT2D eigenvalue weighted by atomic mass is 10.2. The average molecular weight is 205 g/mol. The third kappa shape index (κ3) is 4.68. The van der Waals surface area contributed by atoms with Crippen molar-refractivity contribution in [3.63, 3.8) is 0 Å². The second-order valence-electron chi connectivity index (χ2n) is 3.53. The molecule has 1 heteroatoms. The van der Waals surface area contributed by atoms with Crippen LogP contribution in [-0.2, 0) is 6.54 Å². The van der Waals surface area contributed by atoms with E-state index in [1.54, 1.807) is 0 Å². The van der Waals surface area contributed by atoms with Gasteiger partial charge in [-0.3, -0.25) is 0 Å².